The number of rotatable bonds is 9. The molecule has 33 heavy (non-hydrogen) atoms. The first kappa shape index (κ1) is 23.3. The van der Waals surface area contributed by atoms with Crippen LogP contribution in [-0.4, -0.2) is 22.8 Å². The third-order valence-electron chi connectivity index (χ3n) is 5.00. The monoisotopic (exact) mass is 572 g/mol. The zero-order valence-corrected chi connectivity index (χ0v) is 20.8. The number of halogens is 1. The molecule has 7 heteroatoms. The maximum absolute atomic E-state index is 11.3. The molecule has 5 nitrogen and oxygen atoms in total. The number of alkyl halides is 1. The highest BCUT2D eigenvalue weighted by atomic mass is 127. The highest BCUT2D eigenvalue weighted by Crippen LogP contribution is 2.38. The Hall–Kier alpha value is -2.91. The molecule has 0 atom stereocenters. The summed E-state index contributed by atoms with van der Waals surface area (Å²) in [6.07, 6.45) is 0. The summed E-state index contributed by atoms with van der Waals surface area (Å²) in [5.41, 5.74) is 2.97. The molecular weight excluding hydrogens is 551 g/mol. The largest absolute Gasteiger partial charge is 0.496 e. The lowest BCUT2D eigenvalue weighted by Gasteiger charge is -2.08. The van der Waals surface area contributed by atoms with Crippen LogP contribution in [0.25, 0.3) is 22.6 Å². The van der Waals surface area contributed by atoms with Gasteiger partial charge in [0.2, 0.25) is 0 Å². The molecule has 1 aromatic heterocycles. The normalized spacial score (nSPS) is 10.7. The van der Waals surface area contributed by atoms with E-state index in [9.17, 15) is 9.90 Å². The summed E-state index contributed by atoms with van der Waals surface area (Å²) < 4.78 is 18.0. The van der Waals surface area contributed by atoms with E-state index < -0.39 is 5.97 Å². The molecule has 1 N–H and O–H groups in total. The van der Waals surface area contributed by atoms with Crippen molar-refractivity contribution in [1.82, 2.24) is 0 Å². The predicted octanol–water partition coefficient (Wildman–Crippen LogP) is 7.38. The molecule has 4 rings (SSSR count). The van der Waals surface area contributed by atoms with Gasteiger partial charge >= 0.3 is 5.97 Å². The minimum absolute atomic E-state index is 0.235. The Morgan fingerprint density at radius 1 is 1.00 bits per heavy atom. The fourth-order valence-corrected chi connectivity index (χ4v) is 4.74. The number of para-hydroxylation sites is 1. The first-order chi connectivity index (χ1) is 16.1. The van der Waals surface area contributed by atoms with Crippen LogP contribution >= 0.6 is 34.4 Å². The zero-order chi connectivity index (χ0) is 23.2. The molecule has 0 aliphatic carbocycles. The van der Waals surface area contributed by atoms with E-state index in [-0.39, 0.29) is 5.56 Å². The van der Waals surface area contributed by atoms with Crippen LogP contribution in [0, 0.1) is 0 Å². The van der Waals surface area contributed by atoms with Crippen LogP contribution in [0.15, 0.2) is 88.2 Å². The summed E-state index contributed by atoms with van der Waals surface area (Å²) in [7, 11) is 1.66. The van der Waals surface area contributed by atoms with Crippen molar-refractivity contribution in [3.8, 4) is 34.1 Å². The SMILES string of the molecule is COc1ccccc1SCc1cc(-c2cccc(OCI)c2)oc1-c1ccc(C(=O)O)cc1. The van der Waals surface area contributed by atoms with Crippen molar-refractivity contribution in [2.45, 2.75) is 10.6 Å². The van der Waals surface area contributed by atoms with Gasteiger partial charge in [-0.05, 0) is 65.1 Å². The molecule has 1 heterocycles. The molecule has 0 aliphatic rings. The number of carboxylic acids is 1. The minimum atomic E-state index is -0.958. The van der Waals surface area contributed by atoms with Crippen LogP contribution in [0.1, 0.15) is 15.9 Å². The van der Waals surface area contributed by atoms with Crippen LogP contribution < -0.4 is 9.47 Å². The van der Waals surface area contributed by atoms with E-state index in [0.717, 1.165) is 38.8 Å². The Labute approximate surface area is 209 Å². The molecule has 0 fully saturated rings. The fourth-order valence-electron chi connectivity index (χ4n) is 3.38. The number of benzene rings is 3. The van der Waals surface area contributed by atoms with Gasteiger partial charge in [-0.25, -0.2) is 4.79 Å². The lowest BCUT2D eigenvalue weighted by atomic mass is 10.1. The van der Waals surface area contributed by atoms with Crippen LogP contribution in [-0.2, 0) is 5.75 Å². The molecule has 168 valence electrons. The summed E-state index contributed by atoms with van der Waals surface area (Å²) in [6.45, 7) is 0. The molecule has 0 bridgehead atoms. The maximum Gasteiger partial charge on any atom is 0.335 e. The van der Waals surface area contributed by atoms with Gasteiger partial charge in [0.05, 0.1) is 12.7 Å². The molecule has 0 saturated heterocycles. The number of carboxylic acid groups (broad SMARTS) is 1. The number of thioether (sulfide) groups is 1. The number of hydrogen-bond donors (Lipinski definition) is 1. The Balaban J connectivity index is 1.71. The van der Waals surface area contributed by atoms with Crippen LogP contribution in [0.3, 0.4) is 0 Å². The number of hydrogen-bond acceptors (Lipinski definition) is 5. The topological polar surface area (TPSA) is 68.9 Å². The summed E-state index contributed by atoms with van der Waals surface area (Å²) in [5.74, 6) is 2.73. The number of ether oxygens (including phenoxy) is 2. The molecule has 0 unspecified atom stereocenters. The molecule has 0 spiro atoms. The van der Waals surface area contributed by atoms with Crippen molar-refractivity contribution in [3.63, 3.8) is 0 Å². The summed E-state index contributed by atoms with van der Waals surface area (Å²) in [6, 6.07) is 24.4. The van der Waals surface area contributed by atoms with E-state index in [0.29, 0.717) is 16.1 Å². The Kier molecular flexibility index (Phi) is 7.61. The average Bonchev–Trinajstić information content (AvgIpc) is 3.27. The number of aromatic carboxylic acids is 1. The smallest absolute Gasteiger partial charge is 0.335 e. The van der Waals surface area contributed by atoms with Gasteiger partial charge in [0.25, 0.3) is 0 Å². The van der Waals surface area contributed by atoms with E-state index in [1.165, 1.54) is 0 Å². The van der Waals surface area contributed by atoms with E-state index in [1.54, 1.807) is 43.1 Å². The second-order valence-corrected chi connectivity index (χ2v) is 8.71. The van der Waals surface area contributed by atoms with Crippen molar-refractivity contribution in [1.29, 1.82) is 0 Å². The Morgan fingerprint density at radius 2 is 1.79 bits per heavy atom. The molecule has 3 aromatic carbocycles. The summed E-state index contributed by atoms with van der Waals surface area (Å²) in [5, 5.41) is 9.23. The van der Waals surface area contributed by atoms with Gasteiger partial charge in [0.1, 0.15) is 27.6 Å². The average molecular weight is 572 g/mol. The van der Waals surface area contributed by atoms with Gasteiger partial charge in [-0.1, -0.05) is 36.4 Å². The van der Waals surface area contributed by atoms with Crippen molar-refractivity contribution in [2.75, 3.05) is 11.7 Å². The fraction of sp³-hybridized carbons (Fsp3) is 0.115. The molecule has 4 aromatic rings. The highest BCUT2D eigenvalue weighted by molar-refractivity contribution is 14.1. The lowest BCUT2D eigenvalue weighted by molar-refractivity contribution is 0.0697. The Bertz CT molecular complexity index is 1250. The van der Waals surface area contributed by atoms with E-state index in [2.05, 4.69) is 22.6 Å². The quantitative estimate of drug-likeness (QED) is 0.128. The van der Waals surface area contributed by atoms with Gasteiger partial charge in [-0.2, -0.15) is 0 Å². The number of furan rings is 1. The zero-order valence-electron chi connectivity index (χ0n) is 17.8. The van der Waals surface area contributed by atoms with Crippen molar-refractivity contribution >= 4 is 40.3 Å². The molecule has 0 radical (unpaired) electrons. The van der Waals surface area contributed by atoms with Gasteiger partial charge < -0.3 is 19.0 Å². The first-order valence-electron chi connectivity index (χ1n) is 10.1. The van der Waals surface area contributed by atoms with Gasteiger partial charge in [-0.3, -0.25) is 0 Å². The van der Waals surface area contributed by atoms with E-state index >= 15 is 0 Å². The van der Waals surface area contributed by atoms with Gasteiger partial charge in [-0.15, -0.1) is 11.8 Å². The predicted molar refractivity (Wildman–Crippen MR) is 139 cm³/mol. The van der Waals surface area contributed by atoms with Gasteiger partial charge in [0, 0.05) is 27.3 Å². The molecule has 0 amide bonds. The Morgan fingerprint density at radius 3 is 2.52 bits per heavy atom. The maximum atomic E-state index is 11.3. The third kappa shape index (κ3) is 5.54. The van der Waals surface area contributed by atoms with E-state index in [1.807, 2.05) is 54.6 Å². The first-order valence-corrected chi connectivity index (χ1v) is 12.6. The van der Waals surface area contributed by atoms with Crippen molar-refractivity contribution < 1.29 is 23.8 Å². The number of methoxy groups -OCH3 is 1. The van der Waals surface area contributed by atoms with Crippen LogP contribution in [0.2, 0.25) is 0 Å². The summed E-state index contributed by atoms with van der Waals surface area (Å²) >= 11 is 3.82. The van der Waals surface area contributed by atoms with Crippen LogP contribution in [0.4, 0.5) is 0 Å². The second kappa shape index (κ2) is 10.8. The highest BCUT2D eigenvalue weighted by Gasteiger charge is 2.17. The van der Waals surface area contributed by atoms with Crippen LogP contribution in [0.5, 0.6) is 11.5 Å². The molecular formula is C26H21IO5S. The van der Waals surface area contributed by atoms with Crippen molar-refractivity contribution in [2.24, 2.45) is 0 Å². The molecule has 0 saturated carbocycles. The number of carbonyl (C=O) groups is 1. The second-order valence-electron chi connectivity index (χ2n) is 7.07. The summed E-state index contributed by atoms with van der Waals surface area (Å²) in [4.78, 5) is 12.3. The standard InChI is InChI=1S/C26H21IO5S/c1-30-22-7-2-3-8-24(22)33-15-20-14-23(19-5-4-6-21(13-19)31-16-27)32-25(20)17-9-11-18(12-10-17)26(28)29/h2-14H,15-16H2,1H3,(H,28,29). The van der Waals surface area contributed by atoms with Gasteiger partial charge in [0.15, 0.2) is 0 Å². The third-order valence-corrected chi connectivity index (χ3v) is 6.41. The molecule has 0 aliphatic heterocycles. The minimum Gasteiger partial charge on any atom is -0.496 e. The lowest BCUT2D eigenvalue weighted by Crippen LogP contribution is -1.95. The van der Waals surface area contributed by atoms with Crippen molar-refractivity contribution in [3.05, 3.63) is 90.0 Å². The van der Waals surface area contributed by atoms with E-state index in [4.69, 9.17) is 13.9 Å².